The molecule has 1 N–H and O–H groups in total. The first-order chi connectivity index (χ1) is 9.34. The fourth-order valence-electron chi connectivity index (χ4n) is 3.92. The van der Waals surface area contributed by atoms with Crippen LogP contribution in [0.25, 0.3) is 0 Å². The summed E-state index contributed by atoms with van der Waals surface area (Å²) in [6, 6.07) is 3.68. The molecular weight excluding hydrogens is 250 g/mol. The second-order valence-electron chi connectivity index (χ2n) is 6.45. The molecule has 1 nitrogen and oxygen atoms in total. The zero-order chi connectivity index (χ0) is 13.1. The number of hydrogen-bond acceptors (Lipinski definition) is 2. The first kappa shape index (κ1) is 13.6. The highest BCUT2D eigenvalue weighted by atomic mass is 32.1. The van der Waals surface area contributed by atoms with Crippen LogP contribution in [0.3, 0.4) is 0 Å². The van der Waals surface area contributed by atoms with Crippen molar-refractivity contribution in [3.05, 3.63) is 21.9 Å². The fraction of sp³-hybridized carbons (Fsp3) is 0.765. The minimum atomic E-state index is 0.633. The van der Waals surface area contributed by atoms with Crippen molar-refractivity contribution in [1.82, 2.24) is 5.32 Å². The van der Waals surface area contributed by atoms with Gasteiger partial charge >= 0.3 is 0 Å². The first-order valence-corrected chi connectivity index (χ1v) is 9.05. The highest BCUT2D eigenvalue weighted by molar-refractivity contribution is 7.10. The molecule has 3 rings (SSSR count). The zero-order valence-corrected chi connectivity index (χ0v) is 13.0. The number of hydrogen-bond donors (Lipinski definition) is 1. The lowest BCUT2D eigenvalue weighted by molar-refractivity contribution is 0.297. The van der Waals surface area contributed by atoms with E-state index in [0.717, 1.165) is 5.92 Å². The lowest BCUT2D eigenvalue weighted by Gasteiger charge is -2.31. The Balaban J connectivity index is 1.62. The molecule has 1 fully saturated rings. The maximum atomic E-state index is 3.97. The Morgan fingerprint density at radius 1 is 1.11 bits per heavy atom. The van der Waals surface area contributed by atoms with Gasteiger partial charge in [-0.25, -0.2) is 0 Å². The predicted molar refractivity (Wildman–Crippen MR) is 83.8 cm³/mol. The highest BCUT2D eigenvalue weighted by Crippen LogP contribution is 2.35. The van der Waals surface area contributed by atoms with Crippen molar-refractivity contribution in [1.29, 1.82) is 0 Å². The van der Waals surface area contributed by atoms with Crippen LogP contribution in [-0.2, 0) is 6.42 Å². The molecule has 19 heavy (non-hydrogen) atoms. The molecule has 0 saturated heterocycles. The molecular formula is C17H27NS. The van der Waals surface area contributed by atoms with Crippen LogP contribution in [0.5, 0.6) is 0 Å². The molecule has 2 atom stereocenters. The van der Waals surface area contributed by atoms with E-state index in [-0.39, 0.29) is 0 Å². The van der Waals surface area contributed by atoms with Gasteiger partial charge in [0.25, 0.3) is 0 Å². The molecule has 1 heterocycles. The van der Waals surface area contributed by atoms with Gasteiger partial charge in [-0.05, 0) is 62.0 Å². The largest absolute Gasteiger partial charge is 0.307 e. The van der Waals surface area contributed by atoms with Crippen LogP contribution in [0.1, 0.15) is 74.8 Å². The van der Waals surface area contributed by atoms with Crippen molar-refractivity contribution in [2.75, 3.05) is 0 Å². The van der Waals surface area contributed by atoms with Crippen molar-refractivity contribution >= 4 is 11.3 Å². The molecule has 2 aliphatic carbocycles. The van der Waals surface area contributed by atoms with Crippen LogP contribution in [0.2, 0.25) is 0 Å². The molecule has 1 unspecified atom stereocenters. The molecule has 1 saturated carbocycles. The Morgan fingerprint density at radius 3 is 2.68 bits per heavy atom. The third kappa shape index (κ3) is 3.22. The van der Waals surface area contributed by atoms with Crippen molar-refractivity contribution in [3.63, 3.8) is 0 Å². The molecule has 2 aliphatic rings. The number of rotatable bonds is 3. The van der Waals surface area contributed by atoms with Crippen LogP contribution in [-0.4, -0.2) is 6.04 Å². The topological polar surface area (TPSA) is 12.0 Å². The monoisotopic (exact) mass is 277 g/mol. The molecule has 0 spiro atoms. The van der Waals surface area contributed by atoms with Crippen molar-refractivity contribution in [2.24, 2.45) is 5.92 Å². The molecule has 2 heteroatoms. The minimum absolute atomic E-state index is 0.633. The van der Waals surface area contributed by atoms with E-state index in [9.17, 15) is 0 Å². The summed E-state index contributed by atoms with van der Waals surface area (Å²) < 4.78 is 0. The molecule has 106 valence electrons. The van der Waals surface area contributed by atoms with E-state index in [2.05, 4.69) is 23.7 Å². The van der Waals surface area contributed by atoms with E-state index in [1.807, 2.05) is 11.3 Å². The van der Waals surface area contributed by atoms with Crippen LogP contribution in [0, 0.1) is 5.92 Å². The Hall–Kier alpha value is -0.340. The maximum absolute atomic E-state index is 3.97. The lowest BCUT2D eigenvalue weighted by Crippen LogP contribution is -2.37. The van der Waals surface area contributed by atoms with E-state index in [4.69, 9.17) is 0 Å². The summed E-state index contributed by atoms with van der Waals surface area (Å²) in [5.74, 6) is 0.909. The van der Waals surface area contributed by atoms with E-state index in [1.54, 1.807) is 10.4 Å². The number of fused-ring (bicyclic) bond motifs is 1. The van der Waals surface area contributed by atoms with Gasteiger partial charge in [0.2, 0.25) is 0 Å². The zero-order valence-electron chi connectivity index (χ0n) is 12.2. The first-order valence-electron chi connectivity index (χ1n) is 8.17. The summed E-state index contributed by atoms with van der Waals surface area (Å²) >= 11 is 1.96. The van der Waals surface area contributed by atoms with Gasteiger partial charge in [0.15, 0.2) is 0 Å². The lowest BCUT2D eigenvalue weighted by atomic mass is 9.89. The summed E-state index contributed by atoms with van der Waals surface area (Å²) in [7, 11) is 0. The van der Waals surface area contributed by atoms with Crippen LogP contribution < -0.4 is 5.32 Å². The van der Waals surface area contributed by atoms with Crippen LogP contribution in [0.4, 0.5) is 0 Å². The van der Waals surface area contributed by atoms with Gasteiger partial charge in [-0.2, -0.15) is 0 Å². The van der Waals surface area contributed by atoms with Gasteiger partial charge in [0.05, 0.1) is 0 Å². The van der Waals surface area contributed by atoms with E-state index in [1.165, 1.54) is 57.8 Å². The standard InChI is InChI=1S/C17H27NS/c1-13(14-7-4-2-3-5-8-14)18-16-9-6-10-17-15(16)11-12-19-17/h11-14,16,18H,2-10H2,1H3/t13-,16?/m1/s1. The van der Waals surface area contributed by atoms with E-state index < -0.39 is 0 Å². The Morgan fingerprint density at radius 2 is 1.89 bits per heavy atom. The molecule has 0 amide bonds. The van der Waals surface area contributed by atoms with Crippen LogP contribution >= 0.6 is 11.3 Å². The number of nitrogens with one attached hydrogen (secondary N) is 1. The third-order valence-corrected chi connectivity index (χ3v) is 6.12. The maximum Gasteiger partial charge on any atom is 0.0333 e. The number of thiophene rings is 1. The summed E-state index contributed by atoms with van der Waals surface area (Å²) in [4.78, 5) is 1.64. The molecule has 0 aliphatic heterocycles. The van der Waals surface area contributed by atoms with Crippen LogP contribution in [0.15, 0.2) is 11.4 Å². The Labute approximate surface area is 121 Å². The van der Waals surface area contributed by atoms with Crippen molar-refractivity contribution in [2.45, 2.75) is 76.8 Å². The summed E-state index contributed by atoms with van der Waals surface area (Å²) in [6.45, 7) is 2.43. The predicted octanol–water partition coefficient (Wildman–Crippen LogP) is 5.07. The normalized spacial score (nSPS) is 26.7. The van der Waals surface area contributed by atoms with Gasteiger partial charge in [0, 0.05) is 17.0 Å². The van der Waals surface area contributed by atoms with Gasteiger partial charge in [-0.1, -0.05) is 25.7 Å². The Bertz CT molecular complexity index is 390. The van der Waals surface area contributed by atoms with Gasteiger partial charge in [-0.3, -0.25) is 0 Å². The fourth-order valence-corrected chi connectivity index (χ4v) is 4.91. The molecule has 0 bridgehead atoms. The number of aryl methyl sites for hydroxylation is 1. The second-order valence-corrected chi connectivity index (χ2v) is 7.45. The Kier molecular flexibility index (Phi) is 4.60. The highest BCUT2D eigenvalue weighted by Gasteiger charge is 2.25. The molecule has 0 radical (unpaired) electrons. The average Bonchev–Trinajstić information content (AvgIpc) is 2.73. The van der Waals surface area contributed by atoms with Gasteiger partial charge in [0.1, 0.15) is 0 Å². The minimum Gasteiger partial charge on any atom is -0.307 e. The molecule has 0 aromatic carbocycles. The van der Waals surface area contributed by atoms with Gasteiger partial charge in [-0.15, -0.1) is 11.3 Å². The SMILES string of the molecule is C[C@@H](NC1CCCc2sccc21)C1CCCCCC1. The van der Waals surface area contributed by atoms with Crippen molar-refractivity contribution < 1.29 is 0 Å². The van der Waals surface area contributed by atoms with E-state index in [0.29, 0.717) is 12.1 Å². The summed E-state index contributed by atoms with van der Waals surface area (Å²) in [6.07, 6.45) is 12.7. The average molecular weight is 277 g/mol. The third-order valence-electron chi connectivity index (χ3n) is 5.12. The smallest absolute Gasteiger partial charge is 0.0333 e. The summed E-state index contributed by atoms with van der Waals surface area (Å²) in [5.41, 5.74) is 1.61. The second kappa shape index (κ2) is 6.41. The van der Waals surface area contributed by atoms with Crippen molar-refractivity contribution in [3.8, 4) is 0 Å². The summed E-state index contributed by atoms with van der Waals surface area (Å²) in [5, 5.41) is 6.24. The van der Waals surface area contributed by atoms with E-state index >= 15 is 0 Å². The quantitative estimate of drug-likeness (QED) is 0.760. The van der Waals surface area contributed by atoms with Gasteiger partial charge < -0.3 is 5.32 Å². The molecule has 1 aromatic rings. The molecule has 1 aromatic heterocycles.